The largest absolute Gasteiger partial charge is 0.497 e. The van der Waals surface area contributed by atoms with Crippen LogP contribution in [0.4, 0.5) is 14.5 Å². The number of rotatable bonds is 3. The average Bonchev–Trinajstić information content (AvgIpc) is 2.42. The molecule has 6 heteroatoms. The van der Waals surface area contributed by atoms with Crippen molar-refractivity contribution in [2.75, 3.05) is 12.4 Å². The van der Waals surface area contributed by atoms with Gasteiger partial charge in [-0.2, -0.15) is 0 Å². The maximum atomic E-state index is 13.7. The standard InChI is InChI=1S/C14H10ClF2NO2/c1-20-9-3-4-10(13(17)7-9)14(19)18-8-2-5-12(16)11(15)6-8/h2-7H,1H3,(H,18,19). The lowest BCUT2D eigenvalue weighted by Gasteiger charge is -2.08. The third-order valence-electron chi connectivity index (χ3n) is 2.60. The molecule has 0 saturated carbocycles. The summed E-state index contributed by atoms with van der Waals surface area (Å²) in [6.45, 7) is 0. The Kier molecular flexibility index (Phi) is 4.20. The van der Waals surface area contributed by atoms with Crippen molar-refractivity contribution in [2.45, 2.75) is 0 Å². The quantitative estimate of drug-likeness (QED) is 0.933. The van der Waals surface area contributed by atoms with Crippen molar-refractivity contribution in [3.8, 4) is 5.75 Å². The Hall–Kier alpha value is -2.14. The third-order valence-corrected chi connectivity index (χ3v) is 2.89. The molecule has 0 radical (unpaired) electrons. The lowest BCUT2D eigenvalue weighted by atomic mass is 10.2. The Morgan fingerprint density at radius 3 is 2.50 bits per heavy atom. The summed E-state index contributed by atoms with van der Waals surface area (Å²) in [5, 5.41) is 2.31. The minimum Gasteiger partial charge on any atom is -0.497 e. The number of hydrogen-bond acceptors (Lipinski definition) is 2. The number of carbonyl (C=O) groups excluding carboxylic acids is 1. The van der Waals surface area contributed by atoms with E-state index >= 15 is 0 Å². The number of halogens is 3. The minimum atomic E-state index is -0.713. The first kappa shape index (κ1) is 14.3. The van der Waals surface area contributed by atoms with Gasteiger partial charge in [-0.1, -0.05) is 11.6 Å². The van der Waals surface area contributed by atoms with Crippen LogP contribution in [0, 0.1) is 11.6 Å². The van der Waals surface area contributed by atoms with E-state index in [-0.39, 0.29) is 16.3 Å². The van der Waals surface area contributed by atoms with Gasteiger partial charge < -0.3 is 10.1 Å². The van der Waals surface area contributed by atoms with Gasteiger partial charge in [0.05, 0.1) is 17.7 Å². The van der Waals surface area contributed by atoms with Crippen LogP contribution >= 0.6 is 11.6 Å². The first-order valence-corrected chi connectivity index (χ1v) is 5.99. The molecule has 0 spiro atoms. The molecule has 0 fully saturated rings. The van der Waals surface area contributed by atoms with Gasteiger partial charge in [-0.25, -0.2) is 8.78 Å². The predicted molar refractivity (Wildman–Crippen MR) is 72.3 cm³/mol. The zero-order valence-corrected chi connectivity index (χ0v) is 11.2. The van der Waals surface area contributed by atoms with E-state index in [1.165, 1.54) is 31.4 Å². The molecule has 0 aliphatic rings. The maximum Gasteiger partial charge on any atom is 0.258 e. The van der Waals surface area contributed by atoms with Crippen molar-refractivity contribution in [1.82, 2.24) is 0 Å². The Bertz CT molecular complexity index is 662. The van der Waals surface area contributed by atoms with Crippen LogP contribution in [0.2, 0.25) is 5.02 Å². The summed E-state index contributed by atoms with van der Waals surface area (Å²) in [4.78, 5) is 11.9. The molecule has 1 amide bonds. The summed E-state index contributed by atoms with van der Waals surface area (Å²) in [6, 6.07) is 7.57. The summed E-state index contributed by atoms with van der Waals surface area (Å²) in [5.41, 5.74) is 0.128. The molecule has 3 nitrogen and oxygen atoms in total. The number of nitrogens with one attached hydrogen (secondary N) is 1. The van der Waals surface area contributed by atoms with Crippen molar-refractivity contribution in [3.63, 3.8) is 0 Å². The Labute approximate surface area is 119 Å². The van der Waals surface area contributed by atoms with Crippen LogP contribution in [0.25, 0.3) is 0 Å². The van der Waals surface area contributed by atoms with Crippen LogP contribution in [-0.4, -0.2) is 13.0 Å². The second kappa shape index (κ2) is 5.88. The number of ether oxygens (including phenoxy) is 1. The number of amides is 1. The maximum absolute atomic E-state index is 13.7. The highest BCUT2D eigenvalue weighted by Gasteiger charge is 2.13. The normalized spacial score (nSPS) is 10.2. The lowest BCUT2D eigenvalue weighted by Crippen LogP contribution is -2.13. The van der Waals surface area contributed by atoms with Crippen LogP contribution in [0.15, 0.2) is 36.4 Å². The van der Waals surface area contributed by atoms with Gasteiger partial charge in [-0.3, -0.25) is 4.79 Å². The molecule has 104 valence electrons. The molecule has 0 unspecified atom stereocenters. The summed E-state index contributed by atoms with van der Waals surface area (Å²) in [7, 11) is 1.40. The van der Waals surface area contributed by atoms with Gasteiger partial charge in [0.2, 0.25) is 0 Å². The molecule has 2 aromatic carbocycles. The number of anilines is 1. The molecule has 0 heterocycles. The molecule has 0 saturated heterocycles. The van der Waals surface area contributed by atoms with Crippen LogP contribution < -0.4 is 10.1 Å². The fourth-order valence-corrected chi connectivity index (χ4v) is 1.76. The van der Waals surface area contributed by atoms with Crippen LogP contribution in [-0.2, 0) is 0 Å². The highest BCUT2D eigenvalue weighted by Crippen LogP contribution is 2.21. The number of carbonyl (C=O) groups is 1. The molecular weight excluding hydrogens is 288 g/mol. The second-order valence-electron chi connectivity index (χ2n) is 3.93. The van der Waals surface area contributed by atoms with E-state index in [1.54, 1.807) is 0 Å². The molecule has 0 aliphatic carbocycles. The van der Waals surface area contributed by atoms with Crippen molar-refractivity contribution in [1.29, 1.82) is 0 Å². The van der Waals surface area contributed by atoms with Crippen molar-refractivity contribution in [3.05, 3.63) is 58.6 Å². The smallest absolute Gasteiger partial charge is 0.258 e. The van der Waals surface area contributed by atoms with E-state index in [0.29, 0.717) is 5.75 Å². The molecule has 0 bridgehead atoms. The number of hydrogen-bond donors (Lipinski definition) is 1. The fourth-order valence-electron chi connectivity index (χ4n) is 1.58. The van der Waals surface area contributed by atoms with Gasteiger partial charge in [0.1, 0.15) is 17.4 Å². The topological polar surface area (TPSA) is 38.3 Å². The number of methoxy groups -OCH3 is 1. The Morgan fingerprint density at radius 2 is 1.90 bits per heavy atom. The Balaban J connectivity index is 2.21. The van der Waals surface area contributed by atoms with E-state index in [4.69, 9.17) is 16.3 Å². The SMILES string of the molecule is COc1ccc(C(=O)Nc2ccc(F)c(Cl)c2)c(F)c1. The predicted octanol–water partition coefficient (Wildman–Crippen LogP) is 3.88. The zero-order valence-electron chi connectivity index (χ0n) is 10.4. The highest BCUT2D eigenvalue weighted by molar-refractivity contribution is 6.31. The van der Waals surface area contributed by atoms with Gasteiger partial charge in [0, 0.05) is 11.8 Å². The first-order valence-electron chi connectivity index (χ1n) is 5.61. The van der Waals surface area contributed by atoms with Gasteiger partial charge in [-0.15, -0.1) is 0 Å². The summed E-state index contributed by atoms with van der Waals surface area (Å²) in [6.07, 6.45) is 0. The van der Waals surface area contributed by atoms with E-state index in [1.807, 2.05) is 0 Å². The molecular formula is C14H10ClF2NO2. The van der Waals surface area contributed by atoms with Crippen LogP contribution in [0.3, 0.4) is 0 Å². The third kappa shape index (κ3) is 3.05. The molecule has 2 aromatic rings. The summed E-state index contributed by atoms with van der Waals surface area (Å²) >= 11 is 5.60. The first-order chi connectivity index (χ1) is 9.51. The summed E-state index contributed by atoms with van der Waals surface area (Å²) in [5.74, 6) is -1.66. The van der Waals surface area contributed by atoms with E-state index in [2.05, 4.69) is 5.32 Å². The average molecular weight is 298 g/mol. The van der Waals surface area contributed by atoms with Gasteiger partial charge in [0.15, 0.2) is 0 Å². The van der Waals surface area contributed by atoms with Crippen molar-refractivity contribution in [2.24, 2.45) is 0 Å². The zero-order chi connectivity index (χ0) is 14.7. The van der Waals surface area contributed by atoms with Crippen molar-refractivity contribution >= 4 is 23.2 Å². The van der Waals surface area contributed by atoms with Gasteiger partial charge in [-0.05, 0) is 30.3 Å². The van der Waals surface area contributed by atoms with Gasteiger partial charge >= 0.3 is 0 Å². The van der Waals surface area contributed by atoms with E-state index < -0.39 is 17.5 Å². The Morgan fingerprint density at radius 1 is 1.15 bits per heavy atom. The summed E-state index contributed by atoms with van der Waals surface area (Å²) < 4.78 is 31.5. The van der Waals surface area contributed by atoms with E-state index in [0.717, 1.165) is 12.1 Å². The van der Waals surface area contributed by atoms with Crippen LogP contribution in [0.5, 0.6) is 5.75 Å². The second-order valence-corrected chi connectivity index (χ2v) is 4.34. The highest BCUT2D eigenvalue weighted by atomic mass is 35.5. The molecule has 0 atom stereocenters. The molecule has 20 heavy (non-hydrogen) atoms. The van der Waals surface area contributed by atoms with Crippen molar-refractivity contribution < 1.29 is 18.3 Å². The monoisotopic (exact) mass is 297 g/mol. The molecule has 0 aliphatic heterocycles. The number of benzene rings is 2. The van der Waals surface area contributed by atoms with E-state index in [9.17, 15) is 13.6 Å². The molecule has 2 rings (SSSR count). The minimum absolute atomic E-state index is 0.127. The van der Waals surface area contributed by atoms with Crippen LogP contribution in [0.1, 0.15) is 10.4 Å². The molecule has 1 N–H and O–H groups in total. The fraction of sp³-hybridized carbons (Fsp3) is 0.0714. The van der Waals surface area contributed by atoms with Gasteiger partial charge in [0.25, 0.3) is 5.91 Å². The lowest BCUT2D eigenvalue weighted by molar-refractivity contribution is 0.102. The molecule has 0 aromatic heterocycles.